The summed E-state index contributed by atoms with van der Waals surface area (Å²) in [4.78, 5) is 0. The minimum absolute atomic E-state index is 0.0267. The monoisotopic (exact) mass is 285 g/mol. The maximum Gasteiger partial charge on any atom is 0.129 e. The highest BCUT2D eigenvalue weighted by Gasteiger charge is 2.20. The van der Waals surface area contributed by atoms with Gasteiger partial charge in [-0.2, -0.15) is 0 Å². The third kappa shape index (κ3) is 4.23. The molecule has 3 N–H and O–H groups in total. The van der Waals surface area contributed by atoms with Gasteiger partial charge in [-0.05, 0) is 49.9 Å². The highest BCUT2D eigenvalue weighted by Crippen LogP contribution is 2.24. The fourth-order valence-electron chi connectivity index (χ4n) is 2.75. The van der Waals surface area contributed by atoms with Gasteiger partial charge in [0.1, 0.15) is 11.6 Å². The standard InChI is InChI=1S/C15H21F2NO2/c16-11-4-5-14(17)13(7-11)15(20)9-18-8-10-2-1-3-12(19)6-10/h4-5,7,10,12,15,18-20H,1-3,6,8-9H2. The topological polar surface area (TPSA) is 52.5 Å². The Morgan fingerprint density at radius 1 is 1.30 bits per heavy atom. The smallest absolute Gasteiger partial charge is 0.129 e. The van der Waals surface area contributed by atoms with Crippen LogP contribution in [-0.2, 0) is 0 Å². The predicted octanol–water partition coefficient (Wildman–Crippen LogP) is 2.14. The number of nitrogens with one attached hydrogen (secondary N) is 1. The molecule has 2 rings (SSSR count). The summed E-state index contributed by atoms with van der Waals surface area (Å²) in [6.07, 6.45) is 2.37. The Hall–Kier alpha value is -1.04. The van der Waals surface area contributed by atoms with Crippen molar-refractivity contribution in [2.45, 2.75) is 37.9 Å². The SMILES string of the molecule is OC1CCCC(CNCC(O)c2cc(F)ccc2F)C1. The zero-order chi connectivity index (χ0) is 14.5. The van der Waals surface area contributed by atoms with E-state index >= 15 is 0 Å². The molecule has 20 heavy (non-hydrogen) atoms. The van der Waals surface area contributed by atoms with Gasteiger partial charge in [0.15, 0.2) is 0 Å². The number of hydrogen-bond donors (Lipinski definition) is 3. The van der Waals surface area contributed by atoms with Gasteiger partial charge in [0.25, 0.3) is 0 Å². The Morgan fingerprint density at radius 3 is 2.85 bits per heavy atom. The van der Waals surface area contributed by atoms with Crippen LogP contribution in [0.25, 0.3) is 0 Å². The Labute approximate surface area is 117 Å². The summed E-state index contributed by atoms with van der Waals surface area (Å²) in [5.41, 5.74) is -0.0267. The van der Waals surface area contributed by atoms with Crippen molar-refractivity contribution in [1.82, 2.24) is 5.32 Å². The van der Waals surface area contributed by atoms with Crippen LogP contribution in [0.5, 0.6) is 0 Å². The number of rotatable bonds is 5. The molecular formula is C15H21F2NO2. The third-order valence-corrected chi connectivity index (χ3v) is 3.84. The maximum atomic E-state index is 13.5. The van der Waals surface area contributed by atoms with Gasteiger partial charge < -0.3 is 15.5 Å². The first-order valence-corrected chi connectivity index (χ1v) is 7.08. The van der Waals surface area contributed by atoms with E-state index in [0.717, 1.165) is 43.9 Å². The van der Waals surface area contributed by atoms with Crippen LogP contribution >= 0.6 is 0 Å². The average molecular weight is 285 g/mol. The number of aliphatic hydroxyl groups is 2. The number of benzene rings is 1. The van der Waals surface area contributed by atoms with Gasteiger partial charge >= 0.3 is 0 Å². The van der Waals surface area contributed by atoms with E-state index in [4.69, 9.17) is 0 Å². The molecule has 112 valence electrons. The van der Waals surface area contributed by atoms with E-state index in [0.29, 0.717) is 12.5 Å². The Balaban J connectivity index is 1.80. The predicted molar refractivity (Wildman–Crippen MR) is 72.2 cm³/mol. The van der Waals surface area contributed by atoms with E-state index in [-0.39, 0.29) is 18.2 Å². The molecule has 0 spiro atoms. The second-order valence-electron chi connectivity index (χ2n) is 5.53. The van der Waals surface area contributed by atoms with Crippen molar-refractivity contribution in [3.05, 3.63) is 35.4 Å². The molecule has 5 heteroatoms. The summed E-state index contributed by atoms with van der Waals surface area (Å²) in [5, 5.41) is 22.5. The normalized spacial score (nSPS) is 24.6. The lowest BCUT2D eigenvalue weighted by Gasteiger charge is -2.26. The lowest BCUT2D eigenvalue weighted by atomic mass is 9.87. The van der Waals surface area contributed by atoms with Crippen molar-refractivity contribution in [3.63, 3.8) is 0 Å². The van der Waals surface area contributed by atoms with E-state index in [1.165, 1.54) is 0 Å². The molecular weight excluding hydrogens is 264 g/mol. The van der Waals surface area contributed by atoms with Crippen LogP contribution in [0.3, 0.4) is 0 Å². The molecule has 0 aromatic heterocycles. The molecule has 1 saturated carbocycles. The first-order valence-electron chi connectivity index (χ1n) is 7.08. The van der Waals surface area contributed by atoms with E-state index < -0.39 is 17.7 Å². The van der Waals surface area contributed by atoms with E-state index in [1.54, 1.807) is 0 Å². The van der Waals surface area contributed by atoms with Crippen LogP contribution < -0.4 is 5.32 Å². The van der Waals surface area contributed by atoms with Crippen molar-refractivity contribution in [2.24, 2.45) is 5.92 Å². The molecule has 0 aliphatic heterocycles. The van der Waals surface area contributed by atoms with E-state index in [9.17, 15) is 19.0 Å². The molecule has 0 radical (unpaired) electrons. The molecule has 0 amide bonds. The van der Waals surface area contributed by atoms with Crippen molar-refractivity contribution in [2.75, 3.05) is 13.1 Å². The minimum atomic E-state index is -1.07. The van der Waals surface area contributed by atoms with Crippen LogP contribution in [0.1, 0.15) is 37.4 Å². The number of halogens is 2. The van der Waals surface area contributed by atoms with Gasteiger partial charge in [-0.1, -0.05) is 6.42 Å². The average Bonchev–Trinajstić information content (AvgIpc) is 2.41. The van der Waals surface area contributed by atoms with Gasteiger partial charge in [-0.15, -0.1) is 0 Å². The maximum absolute atomic E-state index is 13.5. The summed E-state index contributed by atoms with van der Waals surface area (Å²) in [6, 6.07) is 3.07. The minimum Gasteiger partial charge on any atom is -0.393 e. The number of hydrogen-bond acceptors (Lipinski definition) is 3. The van der Waals surface area contributed by atoms with Gasteiger partial charge in [0.05, 0.1) is 12.2 Å². The molecule has 0 bridgehead atoms. The molecule has 0 heterocycles. The molecule has 1 fully saturated rings. The van der Waals surface area contributed by atoms with Crippen molar-refractivity contribution < 1.29 is 19.0 Å². The van der Waals surface area contributed by atoms with Crippen LogP contribution in [0.15, 0.2) is 18.2 Å². The second-order valence-corrected chi connectivity index (χ2v) is 5.53. The van der Waals surface area contributed by atoms with Crippen LogP contribution in [0.4, 0.5) is 8.78 Å². The summed E-state index contributed by atoms with van der Waals surface area (Å²) in [5.74, 6) is -0.784. The lowest BCUT2D eigenvalue weighted by molar-refractivity contribution is 0.0981. The van der Waals surface area contributed by atoms with Gasteiger partial charge in [-0.3, -0.25) is 0 Å². The van der Waals surface area contributed by atoms with Crippen molar-refractivity contribution >= 4 is 0 Å². The summed E-state index contributed by atoms with van der Waals surface area (Å²) >= 11 is 0. The fourth-order valence-corrected chi connectivity index (χ4v) is 2.75. The van der Waals surface area contributed by atoms with Crippen molar-refractivity contribution in [1.29, 1.82) is 0 Å². The molecule has 3 atom stereocenters. The fraction of sp³-hybridized carbons (Fsp3) is 0.600. The van der Waals surface area contributed by atoms with Crippen LogP contribution in [0, 0.1) is 17.6 Å². The Bertz CT molecular complexity index is 442. The molecule has 3 nitrogen and oxygen atoms in total. The molecule has 1 aromatic carbocycles. The highest BCUT2D eigenvalue weighted by atomic mass is 19.1. The molecule has 1 aliphatic rings. The lowest BCUT2D eigenvalue weighted by Crippen LogP contribution is -2.31. The second kappa shape index (κ2) is 7.11. The molecule has 1 aliphatic carbocycles. The Kier molecular flexibility index (Phi) is 5.46. The van der Waals surface area contributed by atoms with Gasteiger partial charge in [0, 0.05) is 12.1 Å². The number of aliphatic hydroxyl groups excluding tert-OH is 2. The van der Waals surface area contributed by atoms with E-state index in [1.807, 2.05) is 0 Å². The van der Waals surface area contributed by atoms with E-state index in [2.05, 4.69) is 5.32 Å². The summed E-state index contributed by atoms with van der Waals surface area (Å²) in [6.45, 7) is 0.845. The zero-order valence-corrected chi connectivity index (χ0v) is 11.4. The molecule has 3 unspecified atom stereocenters. The first kappa shape index (κ1) is 15.4. The molecule has 0 saturated heterocycles. The molecule has 1 aromatic rings. The quantitative estimate of drug-likeness (QED) is 0.777. The third-order valence-electron chi connectivity index (χ3n) is 3.84. The van der Waals surface area contributed by atoms with Gasteiger partial charge in [0.2, 0.25) is 0 Å². The summed E-state index contributed by atoms with van der Waals surface area (Å²) < 4.78 is 26.5. The highest BCUT2D eigenvalue weighted by molar-refractivity contribution is 5.21. The largest absolute Gasteiger partial charge is 0.393 e. The van der Waals surface area contributed by atoms with Crippen molar-refractivity contribution in [3.8, 4) is 0 Å². The first-order chi connectivity index (χ1) is 9.56. The summed E-state index contributed by atoms with van der Waals surface area (Å²) in [7, 11) is 0. The Morgan fingerprint density at radius 2 is 2.10 bits per heavy atom. The zero-order valence-electron chi connectivity index (χ0n) is 11.4. The van der Waals surface area contributed by atoms with Crippen LogP contribution in [-0.4, -0.2) is 29.4 Å². The van der Waals surface area contributed by atoms with Crippen LogP contribution in [0.2, 0.25) is 0 Å². The van der Waals surface area contributed by atoms with Gasteiger partial charge in [-0.25, -0.2) is 8.78 Å².